The fourth-order valence-electron chi connectivity index (χ4n) is 1.80. The van der Waals surface area contributed by atoms with Gasteiger partial charge in [-0.15, -0.1) is 0 Å². The predicted octanol–water partition coefficient (Wildman–Crippen LogP) is 0.693. The van der Waals surface area contributed by atoms with E-state index >= 15 is 0 Å². The molecule has 0 saturated carbocycles. The van der Waals surface area contributed by atoms with Crippen molar-refractivity contribution in [1.82, 2.24) is 10.2 Å². The topological polar surface area (TPSA) is 47.1 Å². The van der Waals surface area contributed by atoms with Gasteiger partial charge in [0.2, 0.25) is 0 Å². The molecule has 1 atom stereocenters. The average Bonchev–Trinajstić information content (AvgIpc) is 2.84. The van der Waals surface area contributed by atoms with Crippen LogP contribution in [0.5, 0.6) is 0 Å². The van der Waals surface area contributed by atoms with Crippen LogP contribution in [-0.4, -0.2) is 30.0 Å². The van der Waals surface area contributed by atoms with E-state index in [1.54, 1.807) is 6.20 Å². The first-order chi connectivity index (χ1) is 7.33. The van der Waals surface area contributed by atoms with E-state index in [1.807, 2.05) is 25.1 Å². The lowest BCUT2D eigenvalue weighted by molar-refractivity contribution is 0.258. The summed E-state index contributed by atoms with van der Waals surface area (Å²) in [6.45, 7) is 2.67. The molecule has 0 bridgehead atoms. The highest BCUT2D eigenvalue weighted by Crippen LogP contribution is 2.12. The third-order valence-electron chi connectivity index (χ3n) is 2.57. The minimum atomic E-state index is -0.223. The number of hydrogen-bond donors (Lipinski definition) is 1. The molecule has 4 nitrogen and oxygen atoms in total. The van der Waals surface area contributed by atoms with Crippen LogP contribution in [0.15, 0.2) is 24.4 Å². The summed E-state index contributed by atoms with van der Waals surface area (Å²) in [5.74, 6) is 0. The number of hydrogen-bond acceptors (Lipinski definition) is 3. The fraction of sp³-hybridized carbons (Fsp3) is 0.300. The Balaban J connectivity index is 1.97. The van der Waals surface area contributed by atoms with Gasteiger partial charge in [-0.3, -0.25) is 5.10 Å². The van der Waals surface area contributed by atoms with Crippen molar-refractivity contribution in [2.75, 3.05) is 6.61 Å². The van der Waals surface area contributed by atoms with Gasteiger partial charge in [0.15, 0.2) is 0 Å². The second-order valence-corrected chi connectivity index (χ2v) is 3.83. The number of benzene rings is 1. The number of rotatable bonds is 1. The smallest absolute Gasteiger partial charge is 0.405 e. The summed E-state index contributed by atoms with van der Waals surface area (Å²) in [4.78, 5) is 0. The highest BCUT2D eigenvalue weighted by molar-refractivity contribution is 6.62. The van der Waals surface area contributed by atoms with Crippen LogP contribution < -0.4 is 5.46 Å². The molecule has 1 aliphatic rings. The zero-order valence-electron chi connectivity index (χ0n) is 8.43. The highest BCUT2D eigenvalue weighted by Gasteiger charge is 2.30. The number of nitrogens with zero attached hydrogens (tertiary/aromatic N) is 1. The maximum absolute atomic E-state index is 5.62. The summed E-state index contributed by atoms with van der Waals surface area (Å²) >= 11 is 0. The third kappa shape index (κ3) is 1.54. The van der Waals surface area contributed by atoms with Crippen LogP contribution in [0.25, 0.3) is 10.9 Å². The molecule has 15 heavy (non-hydrogen) atoms. The Morgan fingerprint density at radius 1 is 1.53 bits per heavy atom. The minimum absolute atomic E-state index is 0.176. The quantitative estimate of drug-likeness (QED) is 0.692. The van der Waals surface area contributed by atoms with Crippen molar-refractivity contribution in [1.29, 1.82) is 0 Å². The van der Waals surface area contributed by atoms with E-state index in [2.05, 4.69) is 10.2 Å². The lowest BCUT2D eigenvalue weighted by Gasteiger charge is -2.04. The van der Waals surface area contributed by atoms with Crippen LogP contribution in [0.2, 0.25) is 0 Å². The molecule has 76 valence electrons. The van der Waals surface area contributed by atoms with Crippen LogP contribution in [0.3, 0.4) is 0 Å². The summed E-state index contributed by atoms with van der Waals surface area (Å²) in [5.41, 5.74) is 2.08. The summed E-state index contributed by atoms with van der Waals surface area (Å²) in [6.07, 6.45) is 1.98. The molecule has 1 aromatic heterocycles. The molecule has 2 heterocycles. The lowest BCUT2D eigenvalue weighted by Crippen LogP contribution is -2.31. The van der Waals surface area contributed by atoms with E-state index in [9.17, 15) is 0 Å². The van der Waals surface area contributed by atoms with Crippen molar-refractivity contribution < 1.29 is 9.31 Å². The average molecular weight is 202 g/mol. The summed E-state index contributed by atoms with van der Waals surface area (Å²) in [6, 6.07) is 6.04. The Morgan fingerprint density at radius 2 is 2.47 bits per heavy atom. The van der Waals surface area contributed by atoms with Crippen molar-refractivity contribution in [3.05, 3.63) is 24.4 Å². The zero-order valence-corrected chi connectivity index (χ0v) is 8.43. The molecule has 0 aliphatic carbocycles. The molecule has 3 rings (SSSR count). The van der Waals surface area contributed by atoms with Crippen molar-refractivity contribution in [3.63, 3.8) is 0 Å². The normalized spacial score (nSPS) is 21.4. The minimum Gasteiger partial charge on any atom is -0.405 e. The standard InChI is InChI=1S/C10H11BN2O2/c1-7-6-14-11(15-7)9-2-3-10-8(4-9)5-12-13-10/h2-5,7H,6H2,1H3,(H,12,13). The molecule has 1 saturated heterocycles. The van der Waals surface area contributed by atoms with Gasteiger partial charge in [-0.1, -0.05) is 12.1 Å². The Bertz CT molecular complexity index is 485. The van der Waals surface area contributed by atoms with E-state index in [1.165, 1.54) is 0 Å². The Kier molecular flexibility index (Phi) is 2.00. The predicted molar refractivity (Wildman–Crippen MR) is 58.0 cm³/mol. The van der Waals surface area contributed by atoms with Gasteiger partial charge in [-0.05, 0) is 18.5 Å². The highest BCUT2D eigenvalue weighted by atomic mass is 16.6. The van der Waals surface area contributed by atoms with E-state index in [0.29, 0.717) is 6.61 Å². The maximum Gasteiger partial charge on any atom is 0.494 e. The summed E-state index contributed by atoms with van der Waals surface area (Å²) in [5, 5.41) is 7.97. The molecular weight excluding hydrogens is 191 g/mol. The molecule has 1 aliphatic heterocycles. The van der Waals surface area contributed by atoms with Crippen LogP contribution >= 0.6 is 0 Å². The molecule has 1 aromatic carbocycles. The molecule has 2 aromatic rings. The number of fused-ring (bicyclic) bond motifs is 1. The molecule has 5 heteroatoms. The first-order valence-electron chi connectivity index (χ1n) is 5.03. The number of aromatic amines is 1. The fourth-order valence-corrected chi connectivity index (χ4v) is 1.80. The van der Waals surface area contributed by atoms with E-state index in [-0.39, 0.29) is 13.2 Å². The molecule has 1 unspecified atom stereocenters. The van der Waals surface area contributed by atoms with Gasteiger partial charge in [0, 0.05) is 5.39 Å². The van der Waals surface area contributed by atoms with Gasteiger partial charge in [0.05, 0.1) is 24.4 Å². The molecular formula is C10H11BN2O2. The SMILES string of the molecule is CC1COB(c2ccc3[nH]ncc3c2)O1. The van der Waals surface area contributed by atoms with Crippen LogP contribution in [0.1, 0.15) is 6.92 Å². The zero-order chi connectivity index (χ0) is 10.3. The van der Waals surface area contributed by atoms with Crippen LogP contribution in [0.4, 0.5) is 0 Å². The monoisotopic (exact) mass is 202 g/mol. The van der Waals surface area contributed by atoms with E-state index in [4.69, 9.17) is 9.31 Å². The van der Waals surface area contributed by atoms with Gasteiger partial charge < -0.3 is 9.31 Å². The van der Waals surface area contributed by atoms with Crippen molar-refractivity contribution >= 4 is 23.5 Å². The van der Waals surface area contributed by atoms with Gasteiger partial charge in [0.25, 0.3) is 0 Å². The van der Waals surface area contributed by atoms with Gasteiger partial charge in [-0.2, -0.15) is 5.10 Å². The second kappa shape index (κ2) is 3.36. The second-order valence-electron chi connectivity index (χ2n) is 3.83. The molecule has 0 radical (unpaired) electrons. The van der Waals surface area contributed by atoms with E-state index < -0.39 is 0 Å². The van der Waals surface area contributed by atoms with Crippen molar-refractivity contribution in [2.24, 2.45) is 0 Å². The van der Waals surface area contributed by atoms with Gasteiger partial charge in [0.1, 0.15) is 0 Å². The van der Waals surface area contributed by atoms with E-state index in [0.717, 1.165) is 16.4 Å². The van der Waals surface area contributed by atoms with Crippen molar-refractivity contribution in [2.45, 2.75) is 13.0 Å². The van der Waals surface area contributed by atoms with Gasteiger partial charge >= 0.3 is 7.12 Å². The molecule has 0 amide bonds. The van der Waals surface area contributed by atoms with Crippen LogP contribution in [-0.2, 0) is 9.31 Å². The Hall–Kier alpha value is -1.33. The maximum atomic E-state index is 5.62. The van der Waals surface area contributed by atoms with Crippen molar-refractivity contribution in [3.8, 4) is 0 Å². The summed E-state index contributed by atoms with van der Waals surface area (Å²) in [7, 11) is -0.223. The first kappa shape index (κ1) is 8.94. The number of H-pyrrole nitrogens is 1. The van der Waals surface area contributed by atoms with Gasteiger partial charge in [-0.25, -0.2) is 0 Å². The summed E-state index contributed by atoms with van der Waals surface area (Å²) < 4.78 is 11.1. The Labute approximate surface area is 87.7 Å². The number of nitrogens with one attached hydrogen (secondary N) is 1. The largest absolute Gasteiger partial charge is 0.494 e. The molecule has 0 spiro atoms. The molecule has 1 fully saturated rings. The third-order valence-corrected chi connectivity index (χ3v) is 2.57. The first-order valence-corrected chi connectivity index (χ1v) is 5.03. The Morgan fingerprint density at radius 3 is 3.27 bits per heavy atom. The number of aromatic nitrogens is 2. The van der Waals surface area contributed by atoms with Crippen LogP contribution in [0, 0.1) is 0 Å². The molecule has 1 N–H and O–H groups in total. The lowest BCUT2D eigenvalue weighted by atomic mass is 9.79.